The summed E-state index contributed by atoms with van der Waals surface area (Å²) in [5, 5.41) is 19.5. The molecule has 1 amide bonds. The van der Waals surface area contributed by atoms with E-state index in [9.17, 15) is 9.90 Å². The van der Waals surface area contributed by atoms with Gasteiger partial charge in [-0.15, -0.1) is 0 Å². The van der Waals surface area contributed by atoms with E-state index in [0.717, 1.165) is 36.9 Å². The molecule has 4 N–H and O–H groups in total. The zero-order valence-electron chi connectivity index (χ0n) is 16.0. The maximum atomic E-state index is 12.0. The Balaban J connectivity index is 1.70. The minimum absolute atomic E-state index is 0.0800. The lowest BCUT2D eigenvalue weighted by atomic mass is 10.1. The molecule has 0 saturated carbocycles. The molecule has 0 bridgehead atoms. The van der Waals surface area contributed by atoms with Gasteiger partial charge in [0, 0.05) is 36.8 Å². The summed E-state index contributed by atoms with van der Waals surface area (Å²) in [5.41, 5.74) is 1.62. The van der Waals surface area contributed by atoms with E-state index < -0.39 is 0 Å². The highest BCUT2D eigenvalue weighted by Gasteiger charge is 2.05. The van der Waals surface area contributed by atoms with Crippen LogP contribution in [-0.4, -0.2) is 43.2 Å². The van der Waals surface area contributed by atoms with Crippen molar-refractivity contribution in [2.45, 2.75) is 19.8 Å². The van der Waals surface area contributed by atoms with Gasteiger partial charge in [-0.2, -0.15) is 0 Å². The number of carbonyl (C=O) groups is 1. The van der Waals surface area contributed by atoms with Gasteiger partial charge in [0.1, 0.15) is 5.75 Å². The first-order chi connectivity index (χ1) is 13.6. The Bertz CT molecular complexity index is 795. The molecule has 0 unspecified atom stereocenters. The molecule has 2 aromatic carbocycles. The fraction of sp³-hybridized carbons (Fsp3) is 0.333. The topological polar surface area (TPSA) is 85.8 Å². The summed E-state index contributed by atoms with van der Waals surface area (Å²) in [7, 11) is 0. The van der Waals surface area contributed by atoms with Crippen LogP contribution in [0.5, 0.6) is 5.75 Å². The molecule has 28 heavy (non-hydrogen) atoms. The number of rotatable bonds is 9. The van der Waals surface area contributed by atoms with E-state index in [1.54, 1.807) is 12.1 Å². The number of aromatic hydroxyl groups is 1. The lowest BCUT2D eigenvalue weighted by molar-refractivity contribution is 0.0953. The number of nitrogens with zero attached hydrogens (tertiary/aromatic N) is 1. The maximum absolute atomic E-state index is 12.0. The van der Waals surface area contributed by atoms with Crippen LogP contribution >= 0.6 is 11.6 Å². The van der Waals surface area contributed by atoms with Crippen molar-refractivity contribution >= 4 is 23.5 Å². The summed E-state index contributed by atoms with van der Waals surface area (Å²) >= 11 is 6.00. The lowest BCUT2D eigenvalue weighted by Crippen LogP contribution is -2.38. The first-order valence-corrected chi connectivity index (χ1v) is 9.80. The van der Waals surface area contributed by atoms with Crippen LogP contribution < -0.4 is 16.0 Å². The van der Waals surface area contributed by atoms with E-state index in [1.165, 1.54) is 17.7 Å². The van der Waals surface area contributed by atoms with Crippen LogP contribution in [0, 0.1) is 0 Å². The van der Waals surface area contributed by atoms with Crippen molar-refractivity contribution in [3.05, 3.63) is 64.7 Å². The van der Waals surface area contributed by atoms with E-state index in [4.69, 9.17) is 11.6 Å². The molecule has 6 nitrogen and oxygen atoms in total. The van der Waals surface area contributed by atoms with Gasteiger partial charge < -0.3 is 21.1 Å². The highest BCUT2D eigenvalue weighted by molar-refractivity contribution is 6.30. The zero-order valence-corrected chi connectivity index (χ0v) is 16.8. The van der Waals surface area contributed by atoms with Crippen molar-refractivity contribution in [1.29, 1.82) is 0 Å². The molecule has 7 heteroatoms. The molecule has 150 valence electrons. The Labute approximate surface area is 171 Å². The van der Waals surface area contributed by atoms with Crippen molar-refractivity contribution < 1.29 is 9.90 Å². The van der Waals surface area contributed by atoms with Gasteiger partial charge in [0.05, 0.1) is 0 Å². The monoisotopic (exact) mass is 402 g/mol. The van der Waals surface area contributed by atoms with Gasteiger partial charge in [0.2, 0.25) is 0 Å². The summed E-state index contributed by atoms with van der Waals surface area (Å²) in [5.74, 6) is 0.631. The van der Waals surface area contributed by atoms with E-state index in [1.807, 2.05) is 31.2 Å². The molecular weight excluding hydrogens is 376 g/mol. The first kappa shape index (κ1) is 21.6. The van der Waals surface area contributed by atoms with Crippen LogP contribution in [0.4, 0.5) is 0 Å². The van der Waals surface area contributed by atoms with Crippen LogP contribution in [0.2, 0.25) is 5.02 Å². The predicted octanol–water partition coefficient (Wildman–Crippen LogP) is 2.96. The average Bonchev–Trinajstić information content (AvgIpc) is 2.67. The Morgan fingerprint density at radius 1 is 1.07 bits per heavy atom. The Morgan fingerprint density at radius 2 is 1.89 bits per heavy atom. The molecule has 0 aliphatic heterocycles. The van der Waals surface area contributed by atoms with Crippen molar-refractivity contribution in [1.82, 2.24) is 16.0 Å². The fourth-order valence-electron chi connectivity index (χ4n) is 2.58. The average molecular weight is 403 g/mol. The number of amides is 1. The number of hydrogen-bond acceptors (Lipinski definition) is 3. The number of phenolic OH excluding ortho intramolecular Hbond substituents is 1. The first-order valence-electron chi connectivity index (χ1n) is 9.42. The van der Waals surface area contributed by atoms with Gasteiger partial charge in [0.25, 0.3) is 5.91 Å². The number of carbonyl (C=O) groups excluding carboxylic acids is 1. The number of hydrogen-bond donors (Lipinski definition) is 4. The molecule has 0 saturated heterocycles. The second-order valence-electron chi connectivity index (χ2n) is 6.23. The van der Waals surface area contributed by atoms with Gasteiger partial charge in [-0.05, 0) is 55.7 Å². The van der Waals surface area contributed by atoms with Crippen LogP contribution in [0.1, 0.15) is 29.3 Å². The molecular formula is C21H27ClN4O2. The lowest BCUT2D eigenvalue weighted by Gasteiger charge is -2.11. The summed E-state index contributed by atoms with van der Waals surface area (Å²) in [6.45, 7) is 4.65. The third-order valence-corrected chi connectivity index (χ3v) is 4.17. The van der Waals surface area contributed by atoms with Crippen LogP contribution in [0.15, 0.2) is 53.5 Å². The number of benzene rings is 2. The van der Waals surface area contributed by atoms with E-state index in [0.29, 0.717) is 18.7 Å². The standard InChI is InChI=1S/C21H27ClN4O2/c1-2-23-21(26-13-10-16-6-3-8-18(22)14-16)25-12-5-11-24-20(28)17-7-4-9-19(27)15-17/h3-4,6-9,14-15,27H,2,5,10-13H2,1H3,(H,24,28)(H2,23,25,26). The molecule has 0 aromatic heterocycles. The molecule has 0 spiro atoms. The van der Waals surface area contributed by atoms with E-state index in [-0.39, 0.29) is 11.7 Å². The van der Waals surface area contributed by atoms with Crippen molar-refractivity contribution in [3.63, 3.8) is 0 Å². The Morgan fingerprint density at radius 3 is 2.64 bits per heavy atom. The van der Waals surface area contributed by atoms with Gasteiger partial charge in [-0.1, -0.05) is 29.8 Å². The smallest absolute Gasteiger partial charge is 0.251 e. The third-order valence-electron chi connectivity index (χ3n) is 3.94. The molecule has 0 aliphatic rings. The third kappa shape index (κ3) is 7.88. The highest BCUT2D eigenvalue weighted by Crippen LogP contribution is 2.11. The Hall–Kier alpha value is -2.73. The van der Waals surface area contributed by atoms with E-state index in [2.05, 4.69) is 20.9 Å². The fourth-order valence-corrected chi connectivity index (χ4v) is 2.79. The number of nitrogens with one attached hydrogen (secondary N) is 3. The van der Waals surface area contributed by atoms with Crippen LogP contribution in [-0.2, 0) is 6.42 Å². The molecule has 2 rings (SSSR count). The molecule has 0 heterocycles. The molecule has 0 aliphatic carbocycles. The summed E-state index contributed by atoms with van der Waals surface area (Å²) in [4.78, 5) is 16.5. The molecule has 2 aromatic rings. The van der Waals surface area contributed by atoms with Gasteiger partial charge in [-0.25, -0.2) is 0 Å². The van der Waals surface area contributed by atoms with Crippen molar-refractivity contribution in [3.8, 4) is 5.75 Å². The maximum Gasteiger partial charge on any atom is 0.251 e. The minimum atomic E-state index is -0.202. The van der Waals surface area contributed by atoms with Crippen molar-refractivity contribution in [2.75, 3.05) is 26.2 Å². The quantitative estimate of drug-likeness (QED) is 0.295. The normalized spacial score (nSPS) is 11.1. The number of aliphatic imine (C=N–C) groups is 1. The SMILES string of the molecule is CCNC(=NCCCNC(=O)c1cccc(O)c1)NCCc1cccc(Cl)c1. The van der Waals surface area contributed by atoms with Gasteiger partial charge in [-0.3, -0.25) is 9.79 Å². The number of guanidine groups is 1. The summed E-state index contributed by atoms with van der Waals surface area (Å²) in [6, 6.07) is 14.1. The van der Waals surface area contributed by atoms with Crippen LogP contribution in [0.3, 0.4) is 0 Å². The van der Waals surface area contributed by atoms with Crippen LogP contribution in [0.25, 0.3) is 0 Å². The largest absolute Gasteiger partial charge is 0.508 e. The highest BCUT2D eigenvalue weighted by atomic mass is 35.5. The molecule has 0 radical (unpaired) electrons. The number of halogens is 1. The zero-order chi connectivity index (χ0) is 20.2. The summed E-state index contributed by atoms with van der Waals surface area (Å²) < 4.78 is 0. The predicted molar refractivity (Wildman–Crippen MR) is 114 cm³/mol. The van der Waals surface area contributed by atoms with Gasteiger partial charge in [0.15, 0.2) is 5.96 Å². The summed E-state index contributed by atoms with van der Waals surface area (Å²) in [6.07, 6.45) is 1.57. The minimum Gasteiger partial charge on any atom is -0.508 e. The number of phenols is 1. The van der Waals surface area contributed by atoms with E-state index >= 15 is 0 Å². The second kappa shape index (κ2) is 11.9. The van der Waals surface area contributed by atoms with Gasteiger partial charge >= 0.3 is 0 Å². The molecule has 0 atom stereocenters. The van der Waals surface area contributed by atoms with Crippen molar-refractivity contribution in [2.24, 2.45) is 4.99 Å². The Kier molecular flexibility index (Phi) is 9.15. The second-order valence-corrected chi connectivity index (χ2v) is 6.66. The molecule has 0 fully saturated rings.